The number of esters is 1. The minimum atomic E-state index is -2.51. The van der Waals surface area contributed by atoms with Crippen LogP contribution in [0.3, 0.4) is 0 Å². The maximum Gasteiger partial charge on any atom is 0.329 e. The molecular weight excluding hydrogens is 730 g/mol. The standard InChI is InChI=1S/C42H66ClNO11/c1-9-29-18-24(2)17-25(3)19-34(52-7)37-35(53-8)20-27(5)42(51,55-37)38(48)39(49)44-16-11-10-14-31(44)40(50)54-36(28(6)32(46)21-33(29)47)26(4)22-41(43)15-12-13-30(45)23-41/h18,22,25,27-32,34-37,45-46,51H,9-17,19-21,23H2,1-8H3. The first-order chi connectivity index (χ1) is 25.9. The zero-order chi connectivity index (χ0) is 40.8. The van der Waals surface area contributed by atoms with Crippen LogP contribution < -0.4 is 0 Å². The summed E-state index contributed by atoms with van der Waals surface area (Å²) in [5, 5.41) is 34.0. The smallest absolute Gasteiger partial charge is 0.329 e. The number of aliphatic hydroxyl groups is 3. The Balaban J connectivity index is 1.78. The predicted molar refractivity (Wildman–Crippen MR) is 207 cm³/mol. The number of carbonyl (C=O) groups is 4. The van der Waals surface area contributed by atoms with Gasteiger partial charge < -0.3 is 39.2 Å². The molecule has 13 atom stereocenters. The third-order valence-corrected chi connectivity index (χ3v) is 12.9. The molecule has 0 aromatic heterocycles. The second-order valence-corrected chi connectivity index (χ2v) is 17.8. The summed E-state index contributed by atoms with van der Waals surface area (Å²) in [6.07, 6.45) is 4.07. The van der Waals surface area contributed by atoms with Crippen molar-refractivity contribution in [3.63, 3.8) is 0 Å². The number of hydrogen-bond donors (Lipinski definition) is 3. The van der Waals surface area contributed by atoms with Gasteiger partial charge in [-0.1, -0.05) is 45.4 Å². The molecule has 13 unspecified atom stereocenters. The first-order valence-corrected chi connectivity index (χ1v) is 20.7. The fourth-order valence-electron chi connectivity index (χ4n) is 9.22. The Bertz CT molecular complexity index is 1440. The number of aliphatic hydroxyl groups excluding tert-OH is 2. The van der Waals surface area contributed by atoms with Gasteiger partial charge in [-0.25, -0.2) is 4.79 Å². The van der Waals surface area contributed by atoms with E-state index >= 15 is 0 Å². The molecule has 3 N–H and O–H groups in total. The lowest BCUT2D eigenvalue weighted by Gasteiger charge is -2.47. The Morgan fingerprint density at radius 3 is 2.33 bits per heavy atom. The highest BCUT2D eigenvalue weighted by Crippen LogP contribution is 2.40. The van der Waals surface area contributed by atoms with E-state index < -0.39 is 88.7 Å². The van der Waals surface area contributed by atoms with E-state index in [9.17, 15) is 34.5 Å². The Labute approximate surface area is 332 Å². The summed E-state index contributed by atoms with van der Waals surface area (Å²) in [5.41, 5.74) is 1.53. The molecule has 3 aliphatic heterocycles. The Morgan fingerprint density at radius 2 is 1.69 bits per heavy atom. The number of cyclic esters (lactones) is 1. The molecule has 4 aliphatic rings. The highest BCUT2D eigenvalue weighted by Gasteiger charge is 2.56. The number of alkyl halides is 1. The normalized spacial score (nSPS) is 41.2. The lowest BCUT2D eigenvalue weighted by molar-refractivity contribution is -0.302. The van der Waals surface area contributed by atoms with E-state index in [1.807, 2.05) is 26.8 Å². The predicted octanol–water partition coefficient (Wildman–Crippen LogP) is 5.21. The van der Waals surface area contributed by atoms with Crippen molar-refractivity contribution in [2.24, 2.45) is 23.7 Å². The first-order valence-electron chi connectivity index (χ1n) is 20.3. The number of halogens is 1. The van der Waals surface area contributed by atoms with Crippen LogP contribution >= 0.6 is 11.6 Å². The minimum absolute atomic E-state index is 0.0303. The van der Waals surface area contributed by atoms with Crippen molar-refractivity contribution in [2.45, 2.75) is 172 Å². The van der Waals surface area contributed by atoms with Crippen molar-refractivity contribution in [1.82, 2.24) is 4.90 Å². The van der Waals surface area contributed by atoms with Crippen LogP contribution in [-0.4, -0.2) is 118 Å². The lowest BCUT2D eigenvalue weighted by Crippen LogP contribution is -2.64. The molecule has 0 aromatic carbocycles. The molecule has 3 heterocycles. The molecular formula is C42H66ClNO11. The Hall–Kier alpha value is -2.19. The number of fused-ring (bicyclic) bond motifs is 3. The summed E-state index contributed by atoms with van der Waals surface area (Å²) in [4.78, 5) is 56.6. The number of ketones is 2. The number of allylic oxidation sites excluding steroid dienone is 3. The number of methoxy groups -OCH3 is 2. The minimum Gasteiger partial charge on any atom is -0.456 e. The van der Waals surface area contributed by atoms with Crippen molar-refractivity contribution < 1.29 is 53.4 Å². The third-order valence-electron chi connectivity index (χ3n) is 12.5. The first kappa shape index (κ1) is 45.5. The monoisotopic (exact) mass is 795 g/mol. The van der Waals surface area contributed by atoms with Crippen LogP contribution in [0.25, 0.3) is 0 Å². The van der Waals surface area contributed by atoms with Gasteiger partial charge in [-0.2, -0.15) is 0 Å². The van der Waals surface area contributed by atoms with E-state index in [1.165, 1.54) is 19.1 Å². The molecule has 312 valence electrons. The van der Waals surface area contributed by atoms with Gasteiger partial charge in [0.2, 0.25) is 5.79 Å². The number of Topliss-reactive ketones (excluding diaryl/α,β-unsaturated/α-hetero) is 2. The molecule has 1 saturated carbocycles. The van der Waals surface area contributed by atoms with Crippen molar-refractivity contribution in [2.75, 3.05) is 20.8 Å². The number of hydrogen-bond acceptors (Lipinski definition) is 11. The molecule has 3 fully saturated rings. The van der Waals surface area contributed by atoms with Crippen LogP contribution in [0.1, 0.15) is 119 Å². The average molecular weight is 796 g/mol. The highest BCUT2D eigenvalue weighted by molar-refractivity contribution is 6.39. The molecule has 0 spiro atoms. The van der Waals surface area contributed by atoms with E-state index in [2.05, 4.69) is 0 Å². The summed E-state index contributed by atoms with van der Waals surface area (Å²) in [5.74, 6) is -7.66. The van der Waals surface area contributed by atoms with Crippen LogP contribution in [0.5, 0.6) is 0 Å². The zero-order valence-corrected chi connectivity index (χ0v) is 34.9. The molecule has 2 saturated heterocycles. The molecule has 55 heavy (non-hydrogen) atoms. The molecule has 0 aromatic rings. The fraction of sp³-hybridized carbons (Fsp3) is 0.810. The van der Waals surface area contributed by atoms with Gasteiger partial charge in [0.05, 0.1) is 29.3 Å². The van der Waals surface area contributed by atoms with Gasteiger partial charge in [0, 0.05) is 44.9 Å². The van der Waals surface area contributed by atoms with E-state index in [1.54, 1.807) is 26.8 Å². The van der Waals surface area contributed by atoms with Gasteiger partial charge in [0.25, 0.3) is 11.7 Å². The number of carbonyl (C=O) groups excluding carboxylic acids is 4. The number of piperidine rings is 1. The molecule has 12 nitrogen and oxygen atoms in total. The molecule has 1 amide bonds. The topological polar surface area (TPSA) is 169 Å². The van der Waals surface area contributed by atoms with Crippen LogP contribution in [0.2, 0.25) is 0 Å². The second kappa shape index (κ2) is 19.5. The Kier molecular flexibility index (Phi) is 16.1. The number of rotatable bonds is 5. The molecule has 13 heteroatoms. The maximum atomic E-state index is 14.2. The van der Waals surface area contributed by atoms with Gasteiger partial charge in [-0.3, -0.25) is 14.4 Å². The van der Waals surface area contributed by atoms with Crippen LogP contribution in [0.4, 0.5) is 0 Å². The molecule has 1 aliphatic carbocycles. The fourth-order valence-corrected chi connectivity index (χ4v) is 9.71. The van der Waals surface area contributed by atoms with E-state index in [0.29, 0.717) is 63.4 Å². The zero-order valence-electron chi connectivity index (χ0n) is 34.1. The molecule has 2 bridgehead atoms. The molecule has 4 rings (SSSR count). The van der Waals surface area contributed by atoms with Gasteiger partial charge in [-0.15, -0.1) is 11.6 Å². The number of ether oxygens (including phenoxy) is 4. The van der Waals surface area contributed by atoms with Gasteiger partial charge in [0.1, 0.15) is 24.0 Å². The third kappa shape index (κ3) is 10.9. The SMILES string of the molecule is CCC1C=C(C)CC(C)CC(OC)C2OC(O)(C(=O)C(=O)N3CCCCC3C(=O)OC(C(C)=CC3(Cl)CCCC(O)C3)C(C)C(O)CC1=O)C(C)CC2OC. The highest BCUT2D eigenvalue weighted by atomic mass is 35.5. The van der Waals surface area contributed by atoms with Crippen molar-refractivity contribution in [3.05, 3.63) is 23.3 Å². The quantitative estimate of drug-likeness (QED) is 0.145. The van der Waals surface area contributed by atoms with Gasteiger partial charge in [-0.05, 0) is 96.0 Å². The van der Waals surface area contributed by atoms with E-state index in [-0.39, 0.29) is 37.5 Å². The van der Waals surface area contributed by atoms with E-state index in [4.69, 9.17) is 30.5 Å². The second-order valence-electron chi connectivity index (χ2n) is 17.0. The van der Waals surface area contributed by atoms with Crippen molar-refractivity contribution in [3.8, 4) is 0 Å². The Morgan fingerprint density at radius 1 is 1.02 bits per heavy atom. The summed E-state index contributed by atoms with van der Waals surface area (Å²) < 4.78 is 24.1. The number of nitrogens with zero attached hydrogens (tertiary/aromatic N) is 1. The summed E-state index contributed by atoms with van der Waals surface area (Å²) >= 11 is 7.02. The van der Waals surface area contributed by atoms with Crippen molar-refractivity contribution >= 4 is 35.0 Å². The summed E-state index contributed by atoms with van der Waals surface area (Å²) in [6, 6.07) is -1.16. The van der Waals surface area contributed by atoms with E-state index in [0.717, 1.165) is 5.57 Å². The maximum absolute atomic E-state index is 14.2. The largest absolute Gasteiger partial charge is 0.456 e. The average Bonchev–Trinajstić information content (AvgIpc) is 3.14. The molecule has 0 radical (unpaired) electrons. The van der Waals surface area contributed by atoms with Crippen LogP contribution in [-0.2, 0) is 38.1 Å². The number of amides is 1. The summed E-state index contributed by atoms with van der Waals surface area (Å²) in [6.45, 7) is 11.1. The van der Waals surface area contributed by atoms with Gasteiger partial charge in [0.15, 0.2) is 0 Å². The van der Waals surface area contributed by atoms with Crippen molar-refractivity contribution in [1.29, 1.82) is 0 Å². The van der Waals surface area contributed by atoms with Crippen LogP contribution in [0.15, 0.2) is 23.3 Å². The van der Waals surface area contributed by atoms with Crippen LogP contribution in [0, 0.1) is 23.7 Å². The van der Waals surface area contributed by atoms with Gasteiger partial charge >= 0.3 is 5.97 Å². The summed E-state index contributed by atoms with van der Waals surface area (Å²) in [7, 11) is 3.05. The lowest BCUT2D eigenvalue weighted by atomic mass is 9.82.